The molecule has 1 heterocycles. The van der Waals surface area contributed by atoms with Crippen molar-refractivity contribution >= 4 is 22.6 Å². The molecule has 1 aromatic heterocycles. The minimum absolute atomic E-state index is 0.150. The van der Waals surface area contributed by atoms with Gasteiger partial charge in [-0.3, -0.25) is 5.10 Å². The maximum absolute atomic E-state index is 13.3. The van der Waals surface area contributed by atoms with Gasteiger partial charge in [-0.05, 0) is 29.3 Å². The largest absolute Gasteiger partial charge is 0.417 e. The average molecular weight is 288 g/mol. The van der Waals surface area contributed by atoms with E-state index in [0.29, 0.717) is 5.56 Å². The van der Waals surface area contributed by atoms with Gasteiger partial charge in [0.15, 0.2) is 0 Å². The van der Waals surface area contributed by atoms with Crippen LogP contribution in [0.25, 0.3) is 22.6 Å². The van der Waals surface area contributed by atoms with Gasteiger partial charge in [-0.1, -0.05) is 36.4 Å². The summed E-state index contributed by atoms with van der Waals surface area (Å²) in [6, 6.07) is 12.8. The molecule has 0 amide bonds. The van der Waals surface area contributed by atoms with E-state index in [2.05, 4.69) is 10.2 Å². The minimum Gasteiger partial charge on any atom is -0.278 e. The summed E-state index contributed by atoms with van der Waals surface area (Å²) in [5.41, 5.74) is 0.767. The summed E-state index contributed by atoms with van der Waals surface area (Å²) >= 11 is 0. The number of hydrogen-bond acceptors (Lipinski definition) is 1. The minimum atomic E-state index is -4.41. The van der Waals surface area contributed by atoms with Crippen LogP contribution in [0.15, 0.2) is 54.7 Å². The van der Waals surface area contributed by atoms with E-state index < -0.39 is 11.7 Å². The summed E-state index contributed by atoms with van der Waals surface area (Å²) in [6.07, 6.45) is -1.67. The zero-order valence-corrected chi connectivity index (χ0v) is 10.9. The summed E-state index contributed by atoms with van der Waals surface area (Å²) in [5, 5.41) is 7.41. The number of H-pyrrole nitrogens is 1. The van der Waals surface area contributed by atoms with E-state index in [1.54, 1.807) is 42.6 Å². The van der Waals surface area contributed by atoms with Crippen LogP contribution in [0.3, 0.4) is 0 Å². The van der Waals surface area contributed by atoms with Crippen LogP contribution in [0.1, 0.15) is 11.1 Å². The molecule has 0 saturated heterocycles. The highest BCUT2D eigenvalue weighted by atomic mass is 19.4. The van der Waals surface area contributed by atoms with Crippen LogP contribution in [-0.2, 0) is 0 Å². The van der Waals surface area contributed by atoms with Crippen molar-refractivity contribution in [3.8, 4) is 0 Å². The van der Waals surface area contributed by atoms with Crippen molar-refractivity contribution in [3.63, 3.8) is 0 Å². The fourth-order valence-electron chi connectivity index (χ4n) is 2.16. The molecule has 0 bridgehead atoms. The van der Waals surface area contributed by atoms with Crippen LogP contribution >= 0.6 is 0 Å². The number of nitrogens with one attached hydrogen (secondary N) is 1. The number of nitrogens with zero attached hydrogens (tertiary/aromatic N) is 1. The molecule has 106 valence electrons. The van der Waals surface area contributed by atoms with Gasteiger partial charge in [0.1, 0.15) is 0 Å². The first-order valence-corrected chi connectivity index (χ1v) is 6.31. The second-order valence-electron chi connectivity index (χ2n) is 4.64. The molecule has 0 radical (unpaired) electrons. The van der Waals surface area contributed by atoms with E-state index in [-0.39, 0.29) is 5.56 Å². The Morgan fingerprint density at radius 1 is 1.05 bits per heavy atom. The monoisotopic (exact) mass is 288 g/mol. The molecule has 1 N–H and O–H groups in total. The van der Waals surface area contributed by atoms with Gasteiger partial charge in [-0.2, -0.15) is 18.3 Å². The van der Waals surface area contributed by atoms with Crippen LogP contribution in [0, 0.1) is 0 Å². The van der Waals surface area contributed by atoms with Crippen molar-refractivity contribution in [3.05, 3.63) is 65.9 Å². The Bertz CT molecular complexity index is 786. The highest BCUT2D eigenvalue weighted by Crippen LogP contribution is 2.35. The summed E-state index contributed by atoms with van der Waals surface area (Å²) in [4.78, 5) is 0. The normalized spacial score (nSPS) is 12.8. The molecule has 0 aliphatic rings. The number of alkyl halides is 3. The van der Waals surface area contributed by atoms with Gasteiger partial charge in [0.25, 0.3) is 0 Å². The van der Waals surface area contributed by atoms with Gasteiger partial charge in [0.05, 0.1) is 17.3 Å². The van der Waals surface area contributed by atoms with E-state index in [9.17, 15) is 13.2 Å². The number of rotatable bonds is 2. The van der Waals surface area contributed by atoms with E-state index >= 15 is 0 Å². The van der Waals surface area contributed by atoms with E-state index in [1.807, 2.05) is 0 Å². The first kappa shape index (κ1) is 13.4. The molecule has 0 unspecified atom stereocenters. The molecule has 0 spiro atoms. The molecule has 2 nitrogen and oxygen atoms in total. The fraction of sp³-hybridized carbons (Fsp3) is 0.0625. The Balaban J connectivity index is 2.11. The van der Waals surface area contributed by atoms with Crippen LogP contribution in [0.2, 0.25) is 0 Å². The van der Waals surface area contributed by atoms with Crippen LogP contribution in [0.5, 0.6) is 0 Å². The quantitative estimate of drug-likeness (QED) is 0.682. The number of halogens is 3. The predicted octanol–water partition coefficient (Wildman–Crippen LogP) is 4.67. The Kier molecular flexibility index (Phi) is 3.25. The molecular weight excluding hydrogens is 277 g/mol. The number of aromatic nitrogens is 2. The third-order valence-corrected chi connectivity index (χ3v) is 3.17. The molecule has 0 saturated carbocycles. The molecule has 0 fully saturated rings. The smallest absolute Gasteiger partial charge is 0.278 e. The second kappa shape index (κ2) is 5.09. The standard InChI is InChI=1S/C16H11F3N2/c17-16(18,19)14(12-4-2-1-3-5-12)9-11-6-7-15-13(8-11)10-20-21-15/h1-10H,(H,20,21)/b14-9-. The third-order valence-electron chi connectivity index (χ3n) is 3.17. The number of benzene rings is 2. The Hall–Kier alpha value is -2.56. The van der Waals surface area contributed by atoms with Crippen LogP contribution in [-0.4, -0.2) is 16.4 Å². The molecule has 0 atom stereocenters. The fourth-order valence-corrected chi connectivity index (χ4v) is 2.16. The summed E-state index contributed by atoms with van der Waals surface area (Å²) < 4.78 is 39.8. The van der Waals surface area contributed by atoms with E-state index in [0.717, 1.165) is 17.0 Å². The van der Waals surface area contributed by atoms with Crippen LogP contribution < -0.4 is 0 Å². The van der Waals surface area contributed by atoms with Crippen molar-refractivity contribution in [1.29, 1.82) is 0 Å². The van der Waals surface area contributed by atoms with Crippen LogP contribution in [0.4, 0.5) is 13.2 Å². The zero-order chi connectivity index (χ0) is 14.9. The lowest BCUT2D eigenvalue weighted by molar-refractivity contribution is -0.0683. The molecule has 3 rings (SSSR count). The number of fused-ring (bicyclic) bond motifs is 1. The molecule has 2 aromatic carbocycles. The van der Waals surface area contributed by atoms with Gasteiger partial charge < -0.3 is 0 Å². The predicted molar refractivity (Wildman–Crippen MR) is 76.5 cm³/mol. The van der Waals surface area contributed by atoms with Crippen molar-refractivity contribution in [2.24, 2.45) is 0 Å². The molecule has 21 heavy (non-hydrogen) atoms. The van der Waals surface area contributed by atoms with Crippen molar-refractivity contribution in [2.75, 3.05) is 0 Å². The maximum atomic E-state index is 13.3. The Morgan fingerprint density at radius 2 is 1.81 bits per heavy atom. The lowest BCUT2D eigenvalue weighted by atomic mass is 10.0. The van der Waals surface area contributed by atoms with Gasteiger partial charge in [0.2, 0.25) is 0 Å². The molecule has 0 aliphatic heterocycles. The SMILES string of the molecule is FC(F)(F)/C(=C\c1ccc2[nH]ncc2c1)c1ccccc1. The van der Waals surface area contributed by atoms with Crippen molar-refractivity contribution in [2.45, 2.75) is 6.18 Å². The van der Waals surface area contributed by atoms with Gasteiger partial charge in [-0.15, -0.1) is 0 Å². The third kappa shape index (κ3) is 2.81. The zero-order valence-electron chi connectivity index (χ0n) is 10.9. The lowest BCUT2D eigenvalue weighted by Gasteiger charge is -2.12. The molecule has 0 aliphatic carbocycles. The van der Waals surface area contributed by atoms with Gasteiger partial charge in [0, 0.05) is 5.39 Å². The number of allylic oxidation sites excluding steroid dienone is 1. The Labute approximate surface area is 118 Å². The van der Waals surface area contributed by atoms with E-state index in [4.69, 9.17) is 0 Å². The van der Waals surface area contributed by atoms with Crippen molar-refractivity contribution in [1.82, 2.24) is 10.2 Å². The first-order valence-electron chi connectivity index (χ1n) is 6.31. The van der Waals surface area contributed by atoms with Gasteiger partial charge >= 0.3 is 6.18 Å². The van der Waals surface area contributed by atoms with Crippen molar-refractivity contribution < 1.29 is 13.2 Å². The summed E-state index contributed by atoms with van der Waals surface area (Å²) in [7, 11) is 0. The second-order valence-corrected chi connectivity index (χ2v) is 4.64. The number of aromatic amines is 1. The summed E-state index contributed by atoms with van der Waals surface area (Å²) in [5.74, 6) is 0. The maximum Gasteiger partial charge on any atom is 0.417 e. The summed E-state index contributed by atoms with van der Waals surface area (Å²) in [6.45, 7) is 0. The molecule has 3 aromatic rings. The lowest BCUT2D eigenvalue weighted by Crippen LogP contribution is -2.10. The Morgan fingerprint density at radius 3 is 2.52 bits per heavy atom. The highest BCUT2D eigenvalue weighted by Gasteiger charge is 2.34. The first-order chi connectivity index (χ1) is 10.0. The topological polar surface area (TPSA) is 28.7 Å². The average Bonchev–Trinajstić information content (AvgIpc) is 2.92. The highest BCUT2D eigenvalue weighted by molar-refractivity contribution is 5.88. The van der Waals surface area contributed by atoms with E-state index in [1.165, 1.54) is 12.1 Å². The molecule has 5 heteroatoms. The molecular formula is C16H11F3N2. The van der Waals surface area contributed by atoms with Gasteiger partial charge in [-0.25, -0.2) is 0 Å². The number of hydrogen-bond donors (Lipinski definition) is 1.